The van der Waals surface area contributed by atoms with Crippen LogP contribution in [0.3, 0.4) is 0 Å². The number of rotatable bonds is 8. The first kappa shape index (κ1) is 24.1. The second kappa shape index (κ2) is 10.6. The number of aromatic amines is 1. The van der Waals surface area contributed by atoms with Gasteiger partial charge in [-0.2, -0.15) is 0 Å². The highest BCUT2D eigenvalue weighted by Crippen LogP contribution is 2.34. The molecule has 1 aromatic carbocycles. The van der Waals surface area contributed by atoms with Crippen LogP contribution in [0.15, 0.2) is 51.9 Å². The molecular weight excluding hydrogens is 468 g/mol. The van der Waals surface area contributed by atoms with Crippen molar-refractivity contribution < 1.29 is 9.15 Å². The van der Waals surface area contributed by atoms with Crippen LogP contribution in [0.2, 0.25) is 0 Å². The van der Waals surface area contributed by atoms with Crippen molar-refractivity contribution in [2.24, 2.45) is 0 Å². The van der Waals surface area contributed by atoms with E-state index in [1.54, 1.807) is 6.26 Å². The summed E-state index contributed by atoms with van der Waals surface area (Å²) in [5.74, 6) is 1.53. The molecule has 3 aromatic heterocycles. The van der Waals surface area contributed by atoms with Crippen molar-refractivity contribution in [2.45, 2.75) is 76.6 Å². The molecule has 1 aliphatic heterocycles. The Bertz CT molecular complexity index is 1380. The van der Waals surface area contributed by atoms with Gasteiger partial charge in [0.2, 0.25) is 0 Å². The van der Waals surface area contributed by atoms with Gasteiger partial charge in [0, 0.05) is 18.7 Å². The third-order valence-electron chi connectivity index (χ3n) is 7.86. The molecule has 1 saturated carbocycles. The van der Waals surface area contributed by atoms with E-state index < -0.39 is 6.04 Å². The van der Waals surface area contributed by atoms with Crippen LogP contribution in [-0.2, 0) is 11.3 Å². The molecule has 0 amide bonds. The molecule has 9 heteroatoms. The van der Waals surface area contributed by atoms with E-state index in [9.17, 15) is 4.79 Å². The second-order valence-corrected chi connectivity index (χ2v) is 10.4. The lowest BCUT2D eigenvalue weighted by Crippen LogP contribution is -2.39. The van der Waals surface area contributed by atoms with Crippen molar-refractivity contribution in [2.75, 3.05) is 13.2 Å². The number of aryl methyl sites for hydroxylation is 1. The van der Waals surface area contributed by atoms with Gasteiger partial charge in [0.1, 0.15) is 11.8 Å². The number of ether oxygens (including phenoxy) is 1. The molecule has 0 bridgehead atoms. The Labute approximate surface area is 215 Å². The molecule has 0 unspecified atom stereocenters. The largest absolute Gasteiger partial charge is 0.468 e. The van der Waals surface area contributed by atoms with Gasteiger partial charge in [-0.15, -0.1) is 5.10 Å². The van der Waals surface area contributed by atoms with Gasteiger partial charge in [0.25, 0.3) is 5.56 Å². The van der Waals surface area contributed by atoms with E-state index in [2.05, 4.69) is 25.4 Å². The van der Waals surface area contributed by atoms with Gasteiger partial charge >= 0.3 is 0 Å². The zero-order valence-corrected chi connectivity index (χ0v) is 21.3. The minimum atomic E-state index is -0.458. The summed E-state index contributed by atoms with van der Waals surface area (Å²) >= 11 is 0. The fourth-order valence-corrected chi connectivity index (χ4v) is 5.98. The fraction of sp³-hybridized carbons (Fsp3) is 0.500. The maximum atomic E-state index is 13.7. The number of benzene rings is 1. The van der Waals surface area contributed by atoms with E-state index in [4.69, 9.17) is 9.15 Å². The van der Waals surface area contributed by atoms with Crippen LogP contribution >= 0.6 is 0 Å². The molecule has 0 spiro atoms. The number of fused-ring (bicyclic) bond motifs is 1. The van der Waals surface area contributed by atoms with Crippen molar-refractivity contribution in [3.8, 4) is 0 Å². The highest BCUT2D eigenvalue weighted by Gasteiger charge is 2.35. The van der Waals surface area contributed by atoms with Crippen molar-refractivity contribution in [1.82, 2.24) is 30.1 Å². The molecular formula is C28H34N6O3. The van der Waals surface area contributed by atoms with E-state index >= 15 is 0 Å². The Morgan fingerprint density at radius 3 is 2.81 bits per heavy atom. The predicted molar refractivity (Wildman–Crippen MR) is 139 cm³/mol. The first-order chi connectivity index (χ1) is 18.2. The Kier molecular flexibility index (Phi) is 6.89. The number of tetrazole rings is 1. The van der Waals surface area contributed by atoms with Crippen molar-refractivity contribution in [3.05, 3.63) is 75.7 Å². The Morgan fingerprint density at radius 2 is 2.03 bits per heavy atom. The van der Waals surface area contributed by atoms with Gasteiger partial charge in [-0.25, -0.2) is 4.68 Å². The van der Waals surface area contributed by atoms with Crippen molar-refractivity contribution in [1.29, 1.82) is 0 Å². The van der Waals surface area contributed by atoms with E-state index in [0.29, 0.717) is 24.5 Å². The lowest BCUT2D eigenvalue weighted by atomic mass is 9.95. The molecule has 2 aliphatic rings. The lowest BCUT2D eigenvalue weighted by molar-refractivity contribution is 0.0539. The number of hydrogen-bond acceptors (Lipinski definition) is 7. The average molecular weight is 503 g/mol. The van der Waals surface area contributed by atoms with Crippen LogP contribution < -0.4 is 5.56 Å². The summed E-state index contributed by atoms with van der Waals surface area (Å²) in [7, 11) is 0. The van der Waals surface area contributed by atoms with Crippen LogP contribution in [-0.4, -0.2) is 49.3 Å². The summed E-state index contributed by atoms with van der Waals surface area (Å²) in [5.41, 5.74) is 2.41. The fourth-order valence-electron chi connectivity index (χ4n) is 5.98. The summed E-state index contributed by atoms with van der Waals surface area (Å²) in [4.78, 5) is 19.2. The third kappa shape index (κ3) is 4.98. The summed E-state index contributed by atoms with van der Waals surface area (Å²) in [6.07, 6.45) is 9.45. The monoisotopic (exact) mass is 502 g/mol. The Morgan fingerprint density at radius 1 is 1.14 bits per heavy atom. The zero-order chi connectivity index (χ0) is 25.2. The summed E-state index contributed by atoms with van der Waals surface area (Å²) < 4.78 is 13.8. The number of pyridine rings is 1. The maximum absolute atomic E-state index is 13.7. The molecule has 2 fully saturated rings. The average Bonchev–Trinajstić information content (AvgIpc) is 3.70. The molecule has 4 heterocycles. The van der Waals surface area contributed by atoms with Crippen LogP contribution in [0.1, 0.15) is 79.7 Å². The summed E-state index contributed by atoms with van der Waals surface area (Å²) in [6, 6.07) is 11.7. The van der Waals surface area contributed by atoms with Crippen LogP contribution in [0, 0.1) is 6.92 Å². The predicted octanol–water partition coefficient (Wildman–Crippen LogP) is 4.69. The summed E-state index contributed by atoms with van der Waals surface area (Å²) in [5, 5.41) is 14.2. The van der Waals surface area contributed by atoms with E-state index in [1.165, 1.54) is 6.42 Å². The molecule has 1 saturated heterocycles. The minimum Gasteiger partial charge on any atom is -0.468 e. The van der Waals surface area contributed by atoms with Crippen LogP contribution in [0.5, 0.6) is 0 Å². The maximum Gasteiger partial charge on any atom is 0.253 e. The van der Waals surface area contributed by atoms with Gasteiger partial charge in [-0.05, 0) is 72.2 Å². The summed E-state index contributed by atoms with van der Waals surface area (Å²) in [6.45, 7) is 3.94. The Balaban J connectivity index is 1.50. The number of furan rings is 1. The molecule has 4 aromatic rings. The van der Waals surface area contributed by atoms with Gasteiger partial charge < -0.3 is 14.1 Å². The smallest absolute Gasteiger partial charge is 0.253 e. The quantitative estimate of drug-likeness (QED) is 0.373. The van der Waals surface area contributed by atoms with Crippen LogP contribution in [0.25, 0.3) is 10.9 Å². The molecule has 1 aliphatic carbocycles. The number of para-hydroxylation sites is 1. The third-order valence-corrected chi connectivity index (χ3v) is 7.86. The van der Waals surface area contributed by atoms with Gasteiger partial charge in [-0.3, -0.25) is 9.69 Å². The first-order valence-corrected chi connectivity index (χ1v) is 13.5. The van der Waals surface area contributed by atoms with Gasteiger partial charge in [-0.1, -0.05) is 37.5 Å². The number of hydrogen-bond donors (Lipinski definition) is 1. The highest BCUT2D eigenvalue weighted by molar-refractivity contribution is 5.82. The number of H-pyrrole nitrogens is 1. The normalized spacial score (nSPS) is 19.7. The second-order valence-electron chi connectivity index (χ2n) is 10.4. The van der Waals surface area contributed by atoms with E-state index in [-0.39, 0.29) is 17.7 Å². The molecule has 194 valence electrons. The van der Waals surface area contributed by atoms with Gasteiger partial charge in [0.15, 0.2) is 5.82 Å². The molecule has 0 radical (unpaired) electrons. The van der Waals surface area contributed by atoms with Crippen molar-refractivity contribution in [3.63, 3.8) is 0 Å². The SMILES string of the molecule is Cc1cccc2cc([C@@H](c3nnnn3C3CCCCC3)N(Cc3ccco3)C[C@@H]3CCCO3)c(=O)[nH]c12. The standard InChI is InChI=1S/C28H34N6O3/c1-19-8-5-9-20-16-24(28(35)29-25(19)20)26(27-30-31-32-34(27)21-10-3-2-4-11-21)33(17-22-12-6-14-36-22)18-23-13-7-15-37-23/h5-6,8-9,12,14,16,21,23,26H,2-4,7,10-11,13,15,17-18H2,1H3,(H,29,35)/t23-,26-/m0/s1. The number of nitrogens with zero attached hydrogens (tertiary/aromatic N) is 5. The van der Waals surface area contributed by atoms with Crippen LogP contribution in [0.4, 0.5) is 0 Å². The zero-order valence-electron chi connectivity index (χ0n) is 21.3. The molecule has 1 N–H and O–H groups in total. The van der Waals surface area contributed by atoms with E-state index in [1.807, 2.05) is 48.0 Å². The molecule has 9 nitrogen and oxygen atoms in total. The molecule has 6 rings (SSSR count). The number of nitrogens with one attached hydrogen (secondary N) is 1. The highest BCUT2D eigenvalue weighted by atomic mass is 16.5. The molecule has 37 heavy (non-hydrogen) atoms. The lowest BCUT2D eigenvalue weighted by Gasteiger charge is -2.33. The molecule has 2 atom stereocenters. The van der Waals surface area contributed by atoms with E-state index in [0.717, 1.165) is 67.4 Å². The minimum absolute atomic E-state index is 0.0817. The topological polar surface area (TPSA) is 102 Å². The van der Waals surface area contributed by atoms with Crippen molar-refractivity contribution >= 4 is 10.9 Å². The first-order valence-electron chi connectivity index (χ1n) is 13.5. The number of aromatic nitrogens is 5. The van der Waals surface area contributed by atoms with Gasteiger partial charge in [0.05, 0.1) is 30.5 Å². The Hall–Kier alpha value is -3.30.